The van der Waals surface area contributed by atoms with Crippen LogP contribution in [0.15, 0.2) is 0 Å². The second-order valence-electron chi connectivity index (χ2n) is 8.14. The van der Waals surface area contributed by atoms with Gasteiger partial charge in [0.25, 0.3) is 0 Å². The second-order valence-corrected chi connectivity index (χ2v) is 8.14. The first-order valence-corrected chi connectivity index (χ1v) is 10.8. The number of nitrogens with one attached hydrogen (secondary N) is 1. The number of carbonyl (C=O) groups excluding carboxylic acids is 2. The fraction of sp³-hybridized carbons (Fsp3) is 0.727. The monoisotopic (exact) mass is 390 g/mol. The minimum atomic E-state index is -0.335. The second kappa shape index (κ2) is 9.59. The van der Waals surface area contributed by atoms with Crippen molar-refractivity contribution in [1.82, 2.24) is 9.88 Å². The predicted molar refractivity (Wildman–Crippen MR) is 107 cm³/mol. The van der Waals surface area contributed by atoms with Crippen LogP contribution in [0.5, 0.6) is 0 Å². The van der Waals surface area contributed by atoms with E-state index in [4.69, 9.17) is 9.47 Å². The van der Waals surface area contributed by atoms with Crippen LogP contribution in [-0.4, -0.2) is 47.6 Å². The van der Waals surface area contributed by atoms with Gasteiger partial charge in [0.2, 0.25) is 5.91 Å². The molecule has 0 bridgehead atoms. The number of esters is 1. The standard InChI is InChI=1S/C22H34N2O4/c1-4-27-22(26)20-15(2)19(16(3)23-20)14-24(13-18-11-8-12-28-18)21(25)17-9-6-5-7-10-17/h17-18,23H,4-14H2,1-3H3/t18-/m0/s1. The number of hydrogen-bond acceptors (Lipinski definition) is 4. The van der Waals surface area contributed by atoms with Crippen LogP contribution in [0, 0.1) is 19.8 Å². The van der Waals surface area contributed by atoms with Crippen LogP contribution in [0.25, 0.3) is 0 Å². The summed E-state index contributed by atoms with van der Waals surface area (Å²) in [5, 5.41) is 0. The van der Waals surface area contributed by atoms with Gasteiger partial charge in [0.15, 0.2) is 0 Å². The van der Waals surface area contributed by atoms with E-state index in [9.17, 15) is 9.59 Å². The Balaban J connectivity index is 1.80. The van der Waals surface area contributed by atoms with E-state index in [0.717, 1.165) is 62.0 Å². The van der Waals surface area contributed by atoms with Crippen LogP contribution in [0.4, 0.5) is 0 Å². The van der Waals surface area contributed by atoms with Gasteiger partial charge in [-0.1, -0.05) is 19.3 Å². The first-order valence-electron chi connectivity index (χ1n) is 10.8. The van der Waals surface area contributed by atoms with Crippen molar-refractivity contribution in [3.8, 4) is 0 Å². The van der Waals surface area contributed by atoms with Crippen molar-refractivity contribution in [1.29, 1.82) is 0 Å². The molecule has 6 nitrogen and oxygen atoms in total. The Bertz CT molecular complexity index is 685. The van der Waals surface area contributed by atoms with Crippen molar-refractivity contribution in [2.45, 2.75) is 78.4 Å². The summed E-state index contributed by atoms with van der Waals surface area (Å²) in [7, 11) is 0. The predicted octanol–water partition coefficient (Wildman–Crippen LogP) is 3.90. The molecule has 1 aromatic heterocycles. The van der Waals surface area contributed by atoms with E-state index < -0.39 is 0 Å². The fourth-order valence-electron chi connectivity index (χ4n) is 4.50. The van der Waals surface area contributed by atoms with E-state index >= 15 is 0 Å². The average Bonchev–Trinajstić information content (AvgIpc) is 3.31. The topological polar surface area (TPSA) is 71.6 Å². The Hall–Kier alpha value is -1.82. The number of aromatic nitrogens is 1. The molecule has 3 rings (SSSR count). The highest BCUT2D eigenvalue weighted by molar-refractivity contribution is 5.90. The zero-order chi connectivity index (χ0) is 20.1. The van der Waals surface area contributed by atoms with Gasteiger partial charge < -0.3 is 19.4 Å². The molecular formula is C22H34N2O4. The smallest absolute Gasteiger partial charge is 0.355 e. The van der Waals surface area contributed by atoms with Gasteiger partial charge in [-0.25, -0.2) is 4.79 Å². The minimum absolute atomic E-state index is 0.122. The van der Waals surface area contributed by atoms with Crippen LogP contribution in [0.1, 0.15) is 79.2 Å². The molecule has 1 saturated heterocycles. The van der Waals surface area contributed by atoms with Crippen LogP contribution in [-0.2, 0) is 20.8 Å². The van der Waals surface area contributed by atoms with Gasteiger partial charge >= 0.3 is 5.97 Å². The molecular weight excluding hydrogens is 356 g/mol. The molecule has 1 atom stereocenters. The number of hydrogen-bond donors (Lipinski definition) is 1. The molecule has 2 aliphatic rings. The number of aryl methyl sites for hydroxylation is 1. The summed E-state index contributed by atoms with van der Waals surface area (Å²) in [6.07, 6.45) is 7.67. The highest BCUT2D eigenvalue weighted by Crippen LogP contribution is 2.28. The molecule has 1 aromatic rings. The molecule has 0 spiro atoms. The van der Waals surface area contributed by atoms with E-state index in [-0.39, 0.29) is 23.9 Å². The van der Waals surface area contributed by atoms with Gasteiger partial charge in [0, 0.05) is 31.3 Å². The summed E-state index contributed by atoms with van der Waals surface area (Å²) in [5.41, 5.74) is 3.32. The Kier molecular flexibility index (Phi) is 7.16. The molecule has 1 aliphatic carbocycles. The lowest BCUT2D eigenvalue weighted by Gasteiger charge is -2.31. The maximum atomic E-state index is 13.3. The number of carbonyl (C=O) groups is 2. The van der Waals surface area contributed by atoms with Crippen molar-refractivity contribution in [3.05, 3.63) is 22.5 Å². The number of nitrogens with zero attached hydrogens (tertiary/aromatic N) is 1. The van der Waals surface area contributed by atoms with Crippen LogP contribution >= 0.6 is 0 Å². The molecule has 6 heteroatoms. The molecule has 2 heterocycles. The Morgan fingerprint density at radius 1 is 1.14 bits per heavy atom. The zero-order valence-electron chi connectivity index (χ0n) is 17.5. The fourth-order valence-corrected chi connectivity index (χ4v) is 4.50. The Morgan fingerprint density at radius 2 is 1.89 bits per heavy atom. The molecule has 0 aromatic carbocycles. The highest BCUT2D eigenvalue weighted by atomic mass is 16.5. The largest absolute Gasteiger partial charge is 0.461 e. The van der Waals surface area contributed by atoms with Crippen LogP contribution < -0.4 is 0 Å². The Labute approximate surface area is 168 Å². The van der Waals surface area contributed by atoms with Gasteiger partial charge in [0.05, 0.1) is 12.7 Å². The molecule has 1 aliphatic heterocycles. The molecule has 1 amide bonds. The summed E-state index contributed by atoms with van der Waals surface area (Å²) in [4.78, 5) is 30.7. The number of H-pyrrole nitrogens is 1. The number of aromatic amines is 1. The molecule has 1 saturated carbocycles. The third-order valence-corrected chi connectivity index (χ3v) is 6.14. The highest BCUT2D eigenvalue weighted by Gasteiger charge is 2.30. The summed E-state index contributed by atoms with van der Waals surface area (Å²) in [5.74, 6) is 0.0331. The van der Waals surface area contributed by atoms with Crippen molar-refractivity contribution >= 4 is 11.9 Å². The number of rotatable bonds is 7. The third-order valence-electron chi connectivity index (χ3n) is 6.14. The van der Waals surface area contributed by atoms with E-state index in [2.05, 4.69) is 4.98 Å². The molecule has 28 heavy (non-hydrogen) atoms. The minimum Gasteiger partial charge on any atom is -0.461 e. The molecule has 1 N–H and O–H groups in total. The average molecular weight is 391 g/mol. The molecule has 156 valence electrons. The van der Waals surface area contributed by atoms with Gasteiger partial charge in [-0.3, -0.25) is 4.79 Å². The normalized spacial score (nSPS) is 20.3. The summed E-state index contributed by atoms with van der Waals surface area (Å²) in [6.45, 7) is 7.97. The zero-order valence-corrected chi connectivity index (χ0v) is 17.5. The summed E-state index contributed by atoms with van der Waals surface area (Å²) < 4.78 is 11.0. The number of ether oxygens (including phenoxy) is 2. The van der Waals surface area contributed by atoms with Crippen molar-refractivity contribution in [3.63, 3.8) is 0 Å². The van der Waals surface area contributed by atoms with E-state index in [1.54, 1.807) is 6.92 Å². The van der Waals surface area contributed by atoms with Crippen molar-refractivity contribution in [2.24, 2.45) is 5.92 Å². The SMILES string of the molecule is CCOC(=O)c1[nH]c(C)c(CN(C[C@@H]2CCCO2)C(=O)C2CCCCC2)c1C. The van der Waals surface area contributed by atoms with Gasteiger partial charge in [-0.2, -0.15) is 0 Å². The maximum Gasteiger partial charge on any atom is 0.355 e. The molecule has 0 unspecified atom stereocenters. The van der Waals surface area contributed by atoms with E-state index in [0.29, 0.717) is 25.4 Å². The Morgan fingerprint density at radius 3 is 2.54 bits per heavy atom. The first-order chi connectivity index (χ1) is 13.5. The summed E-state index contributed by atoms with van der Waals surface area (Å²) >= 11 is 0. The lowest BCUT2D eigenvalue weighted by Crippen LogP contribution is -2.41. The quantitative estimate of drug-likeness (QED) is 0.717. The lowest BCUT2D eigenvalue weighted by molar-refractivity contribution is -0.138. The number of amides is 1. The molecule has 2 fully saturated rings. The van der Waals surface area contributed by atoms with Crippen LogP contribution in [0.2, 0.25) is 0 Å². The first kappa shape index (κ1) is 20.9. The molecule has 0 radical (unpaired) electrons. The van der Waals surface area contributed by atoms with Gasteiger partial charge in [0.1, 0.15) is 5.69 Å². The third kappa shape index (κ3) is 4.77. The van der Waals surface area contributed by atoms with Crippen LogP contribution in [0.3, 0.4) is 0 Å². The van der Waals surface area contributed by atoms with Gasteiger partial charge in [-0.05, 0) is 57.6 Å². The van der Waals surface area contributed by atoms with E-state index in [1.807, 2.05) is 18.7 Å². The summed E-state index contributed by atoms with van der Waals surface area (Å²) in [6, 6.07) is 0. The van der Waals surface area contributed by atoms with Crippen molar-refractivity contribution < 1.29 is 19.1 Å². The van der Waals surface area contributed by atoms with E-state index in [1.165, 1.54) is 6.42 Å². The van der Waals surface area contributed by atoms with Gasteiger partial charge in [-0.15, -0.1) is 0 Å². The van der Waals surface area contributed by atoms with Crippen molar-refractivity contribution in [2.75, 3.05) is 19.8 Å². The lowest BCUT2D eigenvalue weighted by atomic mass is 9.88. The maximum absolute atomic E-state index is 13.3.